The number of hydrogen-bond donors (Lipinski definition) is 0. The van der Waals surface area contributed by atoms with Crippen LogP contribution < -0.4 is 0 Å². The Hall–Kier alpha value is -0.530. The Morgan fingerprint density at radius 2 is 1.75 bits per heavy atom. The Kier molecular flexibility index (Phi) is 4.25. The first kappa shape index (κ1) is 11.9. The molecule has 88 valence electrons. The van der Waals surface area contributed by atoms with Gasteiger partial charge in [0, 0.05) is 25.5 Å². The first-order valence-electron chi connectivity index (χ1n) is 6.14. The van der Waals surface area contributed by atoms with Crippen LogP contribution in [-0.2, 0) is 12.8 Å². The highest BCUT2D eigenvalue weighted by Gasteiger charge is 2.14. The predicted octanol–water partition coefficient (Wildman–Crippen LogP) is 2.96. The fraction of sp³-hybridized carbons (Fsp3) is 0.571. The quantitative estimate of drug-likeness (QED) is 0.731. The van der Waals surface area contributed by atoms with E-state index in [0.29, 0.717) is 5.92 Å². The lowest BCUT2D eigenvalue weighted by Crippen LogP contribution is -2.31. The maximum Gasteiger partial charge on any atom is 0.0261 e. The van der Waals surface area contributed by atoms with E-state index in [9.17, 15) is 0 Å². The highest BCUT2D eigenvalue weighted by molar-refractivity contribution is 6.18. The smallest absolute Gasteiger partial charge is 0.0261 e. The molecule has 0 fully saturated rings. The first-order chi connectivity index (χ1) is 7.79. The van der Waals surface area contributed by atoms with Gasteiger partial charge in [0.2, 0.25) is 0 Å². The lowest BCUT2D eigenvalue weighted by Gasteiger charge is -2.22. The molecule has 0 aromatic heterocycles. The van der Waals surface area contributed by atoms with Gasteiger partial charge in [-0.3, -0.25) is 0 Å². The summed E-state index contributed by atoms with van der Waals surface area (Å²) in [5.41, 5.74) is 3.06. The topological polar surface area (TPSA) is 3.24 Å². The van der Waals surface area contributed by atoms with E-state index in [4.69, 9.17) is 11.6 Å². The summed E-state index contributed by atoms with van der Waals surface area (Å²) in [7, 11) is 0. The van der Waals surface area contributed by atoms with Gasteiger partial charge in [-0.25, -0.2) is 0 Å². The standard InChI is InChI=1S/C14H20ClN/c1-12(10-15)11-16-8-6-13-4-2-3-5-14(13)7-9-16/h2-5,12H,6-11H2,1H3. The molecule has 16 heavy (non-hydrogen) atoms. The predicted molar refractivity (Wildman–Crippen MR) is 70.2 cm³/mol. The number of benzene rings is 1. The summed E-state index contributed by atoms with van der Waals surface area (Å²) in [5, 5.41) is 0. The van der Waals surface area contributed by atoms with Crippen LogP contribution in [-0.4, -0.2) is 30.4 Å². The number of alkyl halides is 1. The van der Waals surface area contributed by atoms with Crippen molar-refractivity contribution in [2.75, 3.05) is 25.5 Å². The molecule has 1 heterocycles. The molecule has 1 aliphatic rings. The van der Waals surface area contributed by atoms with Crippen LogP contribution in [0.1, 0.15) is 18.1 Å². The molecular weight excluding hydrogens is 218 g/mol. The Morgan fingerprint density at radius 3 is 2.25 bits per heavy atom. The van der Waals surface area contributed by atoms with Crippen LogP contribution in [0.15, 0.2) is 24.3 Å². The summed E-state index contributed by atoms with van der Waals surface area (Å²) in [6.07, 6.45) is 2.37. The summed E-state index contributed by atoms with van der Waals surface area (Å²) in [4.78, 5) is 2.55. The normalized spacial score (nSPS) is 18.9. The number of nitrogens with zero attached hydrogens (tertiary/aromatic N) is 1. The SMILES string of the molecule is CC(CCl)CN1CCc2ccccc2CC1. The number of hydrogen-bond acceptors (Lipinski definition) is 1. The fourth-order valence-corrected chi connectivity index (χ4v) is 2.48. The average Bonchev–Trinajstić information content (AvgIpc) is 2.52. The summed E-state index contributed by atoms with van der Waals surface area (Å²) in [6, 6.07) is 8.83. The molecule has 1 aromatic rings. The zero-order valence-corrected chi connectivity index (χ0v) is 10.7. The van der Waals surface area contributed by atoms with E-state index in [2.05, 4.69) is 36.1 Å². The highest BCUT2D eigenvalue weighted by Crippen LogP contribution is 2.16. The molecule has 1 nitrogen and oxygen atoms in total. The van der Waals surface area contributed by atoms with Crippen molar-refractivity contribution in [1.82, 2.24) is 4.90 Å². The Balaban J connectivity index is 1.97. The minimum atomic E-state index is 0.600. The monoisotopic (exact) mass is 237 g/mol. The second-order valence-corrected chi connectivity index (χ2v) is 5.14. The van der Waals surface area contributed by atoms with E-state index in [1.165, 1.54) is 37.1 Å². The summed E-state index contributed by atoms with van der Waals surface area (Å²) in [6.45, 7) is 5.72. The van der Waals surface area contributed by atoms with Crippen molar-refractivity contribution in [1.29, 1.82) is 0 Å². The Bertz CT molecular complexity index is 310. The molecular formula is C14H20ClN. The number of rotatable bonds is 3. The lowest BCUT2D eigenvalue weighted by molar-refractivity contribution is 0.257. The van der Waals surface area contributed by atoms with Gasteiger partial charge >= 0.3 is 0 Å². The van der Waals surface area contributed by atoms with Crippen LogP contribution in [0.5, 0.6) is 0 Å². The van der Waals surface area contributed by atoms with Gasteiger partial charge in [0.25, 0.3) is 0 Å². The third-order valence-corrected chi connectivity index (χ3v) is 3.87. The van der Waals surface area contributed by atoms with E-state index in [0.717, 1.165) is 12.4 Å². The van der Waals surface area contributed by atoms with Gasteiger partial charge in [-0.05, 0) is 29.9 Å². The molecule has 2 heteroatoms. The van der Waals surface area contributed by atoms with Gasteiger partial charge in [0.15, 0.2) is 0 Å². The van der Waals surface area contributed by atoms with Crippen molar-refractivity contribution in [2.45, 2.75) is 19.8 Å². The third-order valence-electron chi connectivity index (χ3n) is 3.35. The van der Waals surface area contributed by atoms with Crippen molar-refractivity contribution < 1.29 is 0 Å². The third kappa shape index (κ3) is 2.99. The summed E-state index contributed by atoms with van der Waals surface area (Å²) < 4.78 is 0. The average molecular weight is 238 g/mol. The Morgan fingerprint density at radius 1 is 1.19 bits per heavy atom. The van der Waals surface area contributed by atoms with E-state index < -0.39 is 0 Å². The molecule has 0 spiro atoms. The van der Waals surface area contributed by atoms with Gasteiger partial charge in [-0.15, -0.1) is 11.6 Å². The molecule has 1 aromatic carbocycles. The van der Waals surface area contributed by atoms with E-state index in [-0.39, 0.29) is 0 Å². The molecule has 1 aliphatic heterocycles. The highest BCUT2D eigenvalue weighted by atomic mass is 35.5. The van der Waals surface area contributed by atoms with Crippen LogP contribution in [0, 0.1) is 5.92 Å². The van der Waals surface area contributed by atoms with E-state index in [1.807, 2.05) is 0 Å². The number of fused-ring (bicyclic) bond motifs is 1. The molecule has 0 aliphatic carbocycles. The second-order valence-electron chi connectivity index (χ2n) is 4.83. The number of halogens is 1. The molecule has 1 unspecified atom stereocenters. The molecule has 0 amide bonds. The molecule has 0 bridgehead atoms. The van der Waals surface area contributed by atoms with Gasteiger partial charge in [-0.2, -0.15) is 0 Å². The minimum Gasteiger partial charge on any atom is -0.302 e. The van der Waals surface area contributed by atoms with Crippen molar-refractivity contribution in [3.8, 4) is 0 Å². The van der Waals surface area contributed by atoms with Gasteiger partial charge in [0.05, 0.1) is 0 Å². The largest absolute Gasteiger partial charge is 0.302 e. The summed E-state index contributed by atoms with van der Waals surface area (Å²) in [5.74, 6) is 1.37. The van der Waals surface area contributed by atoms with E-state index in [1.54, 1.807) is 0 Å². The molecule has 0 N–H and O–H groups in total. The van der Waals surface area contributed by atoms with Crippen molar-refractivity contribution >= 4 is 11.6 Å². The molecule has 1 atom stereocenters. The van der Waals surface area contributed by atoms with Crippen LogP contribution >= 0.6 is 11.6 Å². The second kappa shape index (κ2) is 5.70. The first-order valence-corrected chi connectivity index (χ1v) is 6.68. The minimum absolute atomic E-state index is 0.600. The van der Waals surface area contributed by atoms with Crippen LogP contribution in [0.4, 0.5) is 0 Å². The van der Waals surface area contributed by atoms with Gasteiger partial charge in [0.1, 0.15) is 0 Å². The summed E-state index contributed by atoms with van der Waals surface area (Å²) >= 11 is 5.87. The van der Waals surface area contributed by atoms with Crippen LogP contribution in [0.2, 0.25) is 0 Å². The maximum absolute atomic E-state index is 5.87. The fourth-order valence-electron chi connectivity index (χ4n) is 2.39. The molecule has 0 saturated carbocycles. The van der Waals surface area contributed by atoms with Crippen molar-refractivity contribution in [3.63, 3.8) is 0 Å². The van der Waals surface area contributed by atoms with Gasteiger partial charge in [-0.1, -0.05) is 31.2 Å². The van der Waals surface area contributed by atoms with Gasteiger partial charge < -0.3 is 4.90 Å². The van der Waals surface area contributed by atoms with Crippen LogP contribution in [0.3, 0.4) is 0 Å². The zero-order chi connectivity index (χ0) is 11.4. The van der Waals surface area contributed by atoms with Crippen LogP contribution in [0.25, 0.3) is 0 Å². The molecule has 2 rings (SSSR count). The zero-order valence-electron chi connectivity index (χ0n) is 9.95. The van der Waals surface area contributed by atoms with Crippen molar-refractivity contribution in [2.24, 2.45) is 5.92 Å². The molecule has 0 saturated heterocycles. The van der Waals surface area contributed by atoms with Crippen molar-refractivity contribution in [3.05, 3.63) is 35.4 Å². The maximum atomic E-state index is 5.87. The Labute approximate surface area is 103 Å². The lowest BCUT2D eigenvalue weighted by atomic mass is 10.0. The van der Waals surface area contributed by atoms with E-state index >= 15 is 0 Å². The molecule has 0 radical (unpaired) electrons.